The largest absolute Gasteiger partial charge is 0.478 e. The van der Waals surface area contributed by atoms with Gasteiger partial charge in [0.15, 0.2) is 0 Å². The lowest BCUT2D eigenvalue weighted by atomic mass is 9.91. The fourth-order valence-corrected chi connectivity index (χ4v) is 5.01. The van der Waals surface area contributed by atoms with Crippen LogP contribution >= 0.6 is 0 Å². The molecule has 4 rings (SSSR count). The second kappa shape index (κ2) is 11.6. The van der Waals surface area contributed by atoms with Gasteiger partial charge < -0.3 is 25.8 Å². The third-order valence-electron chi connectivity index (χ3n) is 7.18. The van der Waals surface area contributed by atoms with Gasteiger partial charge in [-0.2, -0.15) is 0 Å². The van der Waals surface area contributed by atoms with Crippen molar-refractivity contribution in [2.75, 3.05) is 37.0 Å². The van der Waals surface area contributed by atoms with Crippen molar-refractivity contribution in [1.29, 1.82) is 0 Å². The molecule has 0 radical (unpaired) electrons. The minimum atomic E-state index is -1.03. The van der Waals surface area contributed by atoms with Crippen LogP contribution in [-0.4, -0.2) is 72.7 Å². The first-order valence-corrected chi connectivity index (χ1v) is 12.4. The molecule has 1 saturated carbocycles. The smallest absolute Gasteiger partial charge is 0.335 e. The molecule has 2 aromatic rings. The van der Waals surface area contributed by atoms with Crippen LogP contribution < -0.4 is 16.0 Å². The van der Waals surface area contributed by atoms with Crippen LogP contribution in [-0.2, 0) is 20.7 Å². The Hall–Kier alpha value is -3.27. The molecular formula is C27H34N4O5. The van der Waals surface area contributed by atoms with E-state index in [1.807, 2.05) is 29.2 Å². The fraction of sp³-hybridized carbons (Fsp3) is 0.444. The van der Waals surface area contributed by atoms with Crippen molar-refractivity contribution in [2.24, 2.45) is 5.73 Å². The number of anilines is 2. The van der Waals surface area contributed by atoms with Gasteiger partial charge in [0.05, 0.1) is 24.3 Å². The number of nitrogens with one attached hydrogen (secondary N) is 1. The highest BCUT2D eigenvalue weighted by Crippen LogP contribution is 2.27. The Labute approximate surface area is 211 Å². The molecule has 1 atom stereocenters. The summed E-state index contributed by atoms with van der Waals surface area (Å²) >= 11 is 0. The minimum Gasteiger partial charge on any atom is -0.478 e. The first-order valence-electron chi connectivity index (χ1n) is 12.4. The number of amides is 2. The van der Waals surface area contributed by atoms with Gasteiger partial charge in [-0.1, -0.05) is 12.1 Å². The molecule has 4 N–H and O–H groups in total. The Bertz CT molecular complexity index is 1060. The summed E-state index contributed by atoms with van der Waals surface area (Å²) in [5.41, 5.74) is 8.47. The number of benzene rings is 2. The summed E-state index contributed by atoms with van der Waals surface area (Å²) in [6.07, 6.45) is 4.93. The maximum Gasteiger partial charge on any atom is 0.335 e. The van der Waals surface area contributed by atoms with E-state index in [1.54, 1.807) is 7.11 Å². The molecule has 1 saturated heterocycles. The van der Waals surface area contributed by atoms with E-state index in [9.17, 15) is 14.4 Å². The standard InChI is InChI=1S/C27H34N4O5/c1-36-23-12-10-21(11-13-23)30-14-15-31(25(32)17-30)22-8-2-18(3-9-22)16-24(28)26(33)29-20-6-4-19(5-7-20)27(34)35/h2-9,21,23-24H,10-17,28H2,1H3,(H,29,33)(H,34,35). The molecule has 0 spiro atoms. The predicted octanol–water partition coefficient (Wildman–Crippen LogP) is 2.50. The van der Waals surface area contributed by atoms with E-state index < -0.39 is 12.0 Å². The highest BCUT2D eigenvalue weighted by atomic mass is 16.5. The Morgan fingerprint density at radius 2 is 1.72 bits per heavy atom. The molecule has 1 heterocycles. The number of hydrogen-bond acceptors (Lipinski definition) is 6. The number of carbonyl (C=O) groups excluding carboxylic acids is 2. The second-order valence-corrected chi connectivity index (χ2v) is 9.53. The van der Waals surface area contributed by atoms with Crippen LogP contribution in [0.1, 0.15) is 41.6 Å². The third-order valence-corrected chi connectivity index (χ3v) is 7.18. The van der Waals surface area contributed by atoms with Gasteiger partial charge in [0.1, 0.15) is 0 Å². The van der Waals surface area contributed by atoms with Crippen molar-refractivity contribution in [3.05, 3.63) is 59.7 Å². The number of rotatable bonds is 8. The monoisotopic (exact) mass is 494 g/mol. The van der Waals surface area contributed by atoms with E-state index in [1.165, 1.54) is 24.3 Å². The van der Waals surface area contributed by atoms with Gasteiger partial charge in [-0.05, 0) is 74.1 Å². The van der Waals surface area contributed by atoms with E-state index in [0.717, 1.165) is 43.5 Å². The van der Waals surface area contributed by atoms with E-state index >= 15 is 0 Å². The van der Waals surface area contributed by atoms with Crippen molar-refractivity contribution in [3.63, 3.8) is 0 Å². The van der Waals surface area contributed by atoms with Crippen molar-refractivity contribution in [2.45, 2.75) is 50.3 Å². The van der Waals surface area contributed by atoms with Crippen LogP contribution in [0, 0.1) is 0 Å². The topological polar surface area (TPSA) is 125 Å². The first-order chi connectivity index (χ1) is 17.3. The van der Waals surface area contributed by atoms with Crippen LogP contribution in [0.25, 0.3) is 0 Å². The number of carboxylic acid groups (broad SMARTS) is 1. The highest BCUT2D eigenvalue weighted by molar-refractivity contribution is 5.96. The summed E-state index contributed by atoms with van der Waals surface area (Å²) in [4.78, 5) is 40.5. The number of nitrogens with two attached hydrogens (primary N) is 1. The SMILES string of the molecule is COC1CCC(N2CCN(c3ccc(CC(N)C(=O)Nc4ccc(C(=O)O)cc4)cc3)C(=O)C2)CC1. The van der Waals surface area contributed by atoms with E-state index in [0.29, 0.717) is 37.3 Å². The van der Waals surface area contributed by atoms with Gasteiger partial charge in [-0.3, -0.25) is 14.5 Å². The summed E-state index contributed by atoms with van der Waals surface area (Å²) in [7, 11) is 1.77. The molecule has 9 nitrogen and oxygen atoms in total. The first kappa shape index (κ1) is 25.8. The van der Waals surface area contributed by atoms with Crippen LogP contribution in [0.3, 0.4) is 0 Å². The normalized spacial score (nSPS) is 21.7. The van der Waals surface area contributed by atoms with Gasteiger partial charge in [0.25, 0.3) is 0 Å². The Balaban J connectivity index is 1.27. The number of carboxylic acids is 1. The number of piperazine rings is 1. The van der Waals surface area contributed by atoms with Crippen LogP contribution in [0.5, 0.6) is 0 Å². The number of aromatic carboxylic acids is 1. The third kappa shape index (κ3) is 6.29. The molecule has 0 aromatic heterocycles. The minimum absolute atomic E-state index is 0.105. The molecule has 192 valence electrons. The average Bonchev–Trinajstić information content (AvgIpc) is 2.89. The van der Waals surface area contributed by atoms with Gasteiger partial charge in [0.2, 0.25) is 11.8 Å². The zero-order valence-corrected chi connectivity index (χ0v) is 20.6. The summed E-state index contributed by atoms with van der Waals surface area (Å²) in [6, 6.07) is 13.2. The van der Waals surface area contributed by atoms with Gasteiger partial charge >= 0.3 is 5.97 Å². The Morgan fingerprint density at radius 3 is 2.31 bits per heavy atom. The molecule has 2 aliphatic rings. The summed E-state index contributed by atoms with van der Waals surface area (Å²) in [5.74, 6) is -1.28. The van der Waals surface area contributed by atoms with Crippen molar-refractivity contribution >= 4 is 29.2 Å². The maximum absolute atomic E-state index is 12.9. The summed E-state index contributed by atoms with van der Waals surface area (Å²) in [6.45, 7) is 1.95. The Morgan fingerprint density at radius 1 is 1.06 bits per heavy atom. The van der Waals surface area contributed by atoms with Crippen molar-refractivity contribution in [3.8, 4) is 0 Å². The Kier molecular flexibility index (Phi) is 8.35. The zero-order chi connectivity index (χ0) is 25.7. The van der Waals surface area contributed by atoms with Crippen LogP contribution in [0.15, 0.2) is 48.5 Å². The molecule has 1 aliphatic carbocycles. The van der Waals surface area contributed by atoms with E-state index in [2.05, 4.69) is 10.2 Å². The van der Waals surface area contributed by atoms with Crippen molar-refractivity contribution in [1.82, 2.24) is 4.90 Å². The van der Waals surface area contributed by atoms with E-state index in [-0.39, 0.29) is 17.4 Å². The number of nitrogens with zero attached hydrogens (tertiary/aromatic N) is 2. The second-order valence-electron chi connectivity index (χ2n) is 9.53. The molecular weight excluding hydrogens is 460 g/mol. The van der Waals surface area contributed by atoms with Crippen LogP contribution in [0.4, 0.5) is 11.4 Å². The number of carbonyl (C=O) groups is 3. The molecule has 9 heteroatoms. The summed E-state index contributed by atoms with van der Waals surface area (Å²) < 4.78 is 5.47. The molecule has 36 heavy (non-hydrogen) atoms. The molecule has 1 aliphatic heterocycles. The maximum atomic E-state index is 12.9. The fourth-order valence-electron chi connectivity index (χ4n) is 5.01. The molecule has 2 amide bonds. The molecule has 0 bridgehead atoms. The predicted molar refractivity (Wildman–Crippen MR) is 137 cm³/mol. The summed E-state index contributed by atoms with van der Waals surface area (Å²) in [5, 5.41) is 11.7. The molecule has 1 unspecified atom stereocenters. The lowest BCUT2D eigenvalue weighted by Crippen LogP contribution is -2.54. The van der Waals surface area contributed by atoms with Crippen LogP contribution in [0.2, 0.25) is 0 Å². The molecule has 2 fully saturated rings. The molecule has 2 aromatic carbocycles. The number of hydrogen-bond donors (Lipinski definition) is 3. The lowest BCUT2D eigenvalue weighted by molar-refractivity contribution is -0.122. The van der Waals surface area contributed by atoms with Gasteiger partial charge in [0, 0.05) is 37.6 Å². The number of methoxy groups -OCH3 is 1. The highest BCUT2D eigenvalue weighted by Gasteiger charge is 2.32. The average molecular weight is 495 g/mol. The lowest BCUT2D eigenvalue weighted by Gasteiger charge is -2.41. The quantitative estimate of drug-likeness (QED) is 0.515. The van der Waals surface area contributed by atoms with Crippen molar-refractivity contribution < 1.29 is 24.2 Å². The number of ether oxygens (including phenoxy) is 1. The van der Waals surface area contributed by atoms with E-state index in [4.69, 9.17) is 15.6 Å². The zero-order valence-electron chi connectivity index (χ0n) is 20.6. The van der Waals surface area contributed by atoms with Gasteiger partial charge in [-0.25, -0.2) is 4.79 Å². The van der Waals surface area contributed by atoms with Gasteiger partial charge in [-0.15, -0.1) is 0 Å².